The van der Waals surface area contributed by atoms with Gasteiger partial charge in [0.05, 0.1) is 4.34 Å². The van der Waals surface area contributed by atoms with Crippen molar-refractivity contribution in [1.82, 2.24) is 5.32 Å². The van der Waals surface area contributed by atoms with Crippen LogP contribution in [0.3, 0.4) is 0 Å². The van der Waals surface area contributed by atoms with Gasteiger partial charge in [0.25, 0.3) is 0 Å². The molecule has 1 aromatic rings. The topological polar surface area (TPSA) is 12.0 Å². The number of rotatable bonds is 5. The van der Waals surface area contributed by atoms with Crippen molar-refractivity contribution in [3.8, 4) is 0 Å². The molecule has 0 aliphatic carbocycles. The van der Waals surface area contributed by atoms with Crippen LogP contribution in [0.5, 0.6) is 0 Å². The van der Waals surface area contributed by atoms with E-state index in [9.17, 15) is 0 Å². The van der Waals surface area contributed by atoms with E-state index in [0.717, 1.165) is 17.4 Å². The molecule has 1 heterocycles. The van der Waals surface area contributed by atoms with Gasteiger partial charge in [0.15, 0.2) is 0 Å². The Morgan fingerprint density at radius 1 is 1.50 bits per heavy atom. The molecule has 0 aliphatic heterocycles. The molecule has 0 saturated carbocycles. The van der Waals surface area contributed by atoms with Gasteiger partial charge in [0.1, 0.15) is 0 Å². The number of thiophene rings is 1. The quantitative estimate of drug-likeness (QED) is 0.855. The Morgan fingerprint density at radius 3 is 2.71 bits per heavy atom. The van der Waals surface area contributed by atoms with Crippen LogP contribution >= 0.6 is 34.7 Å². The van der Waals surface area contributed by atoms with E-state index in [2.05, 4.69) is 31.5 Å². The van der Waals surface area contributed by atoms with Crippen molar-refractivity contribution in [3.63, 3.8) is 0 Å². The lowest BCUT2D eigenvalue weighted by molar-refractivity contribution is 0.594. The van der Waals surface area contributed by atoms with Gasteiger partial charge >= 0.3 is 0 Å². The monoisotopic (exact) mass is 249 g/mol. The fraction of sp³-hybridized carbons (Fsp3) is 0.600. The Morgan fingerprint density at radius 2 is 2.21 bits per heavy atom. The molecule has 0 unspecified atom stereocenters. The van der Waals surface area contributed by atoms with Gasteiger partial charge in [0.2, 0.25) is 0 Å². The lowest BCUT2D eigenvalue weighted by atomic mass is 10.2. The third-order valence-electron chi connectivity index (χ3n) is 2.03. The second-order valence-corrected chi connectivity index (χ2v) is 7.09. The minimum Gasteiger partial charge on any atom is -0.310 e. The number of thioether (sulfide) groups is 1. The average molecular weight is 250 g/mol. The summed E-state index contributed by atoms with van der Waals surface area (Å²) in [6, 6.07) is 4.02. The van der Waals surface area contributed by atoms with E-state index in [1.165, 1.54) is 4.88 Å². The highest BCUT2D eigenvalue weighted by atomic mass is 35.5. The van der Waals surface area contributed by atoms with Crippen molar-refractivity contribution in [2.24, 2.45) is 0 Å². The minimum absolute atomic E-state index is 0.307. The van der Waals surface area contributed by atoms with Gasteiger partial charge in [-0.15, -0.1) is 11.3 Å². The van der Waals surface area contributed by atoms with Gasteiger partial charge in [-0.1, -0.05) is 11.6 Å². The van der Waals surface area contributed by atoms with Crippen LogP contribution in [0.2, 0.25) is 4.34 Å². The van der Waals surface area contributed by atoms with Crippen LogP contribution in [0, 0.1) is 0 Å². The second-order valence-electron chi connectivity index (χ2n) is 3.77. The van der Waals surface area contributed by atoms with Gasteiger partial charge in [0, 0.05) is 22.7 Å². The predicted molar refractivity (Wildman–Crippen MR) is 68.6 cm³/mol. The standard InChI is InChI=1S/C10H16ClNS2/c1-10(2,13-3)7-12-6-8-4-5-9(11)14-8/h4-5,12H,6-7H2,1-3H3. The first-order valence-electron chi connectivity index (χ1n) is 4.53. The fourth-order valence-corrected chi connectivity index (χ4v) is 2.31. The summed E-state index contributed by atoms with van der Waals surface area (Å²) in [5.74, 6) is 0. The molecule has 1 rings (SSSR count). The number of nitrogens with one attached hydrogen (secondary N) is 1. The van der Waals surface area contributed by atoms with E-state index in [-0.39, 0.29) is 0 Å². The summed E-state index contributed by atoms with van der Waals surface area (Å²) in [5.41, 5.74) is 0. The minimum atomic E-state index is 0.307. The maximum Gasteiger partial charge on any atom is 0.0931 e. The SMILES string of the molecule is CSC(C)(C)CNCc1ccc(Cl)s1. The van der Waals surface area contributed by atoms with Crippen LogP contribution in [-0.4, -0.2) is 17.5 Å². The Bertz CT molecular complexity index is 283. The van der Waals surface area contributed by atoms with Crippen molar-refractivity contribution in [3.05, 3.63) is 21.3 Å². The van der Waals surface area contributed by atoms with Crippen LogP contribution in [-0.2, 0) is 6.54 Å². The number of hydrogen-bond acceptors (Lipinski definition) is 3. The molecule has 0 aliphatic rings. The predicted octanol–water partition coefficient (Wildman–Crippen LogP) is 3.63. The Labute approximate surface area is 99.2 Å². The molecule has 0 amide bonds. The zero-order chi connectivity index (χ0) is 10.6. The summed E-state index contributed by atoms with van der Waals surface area (Å²) in [7, 11) is 0. The highest BCUT2D eigenvalue weighted by molar-refractivity contribution is 7.99. The normalized spacial score (nSPS) is 12.0. The third kappa shape index (κ3) is 4.22. The van der Waals surface area contributed by atoms with Gasteiger partial charge in [-0.2, -0.15) is 11.8 Å². The highest BCUT2D eigenvalue weighted by Crippen LogP contribution is 2.22. The highest BCUT2D eigenvalue weighted by Gasteiger charge is 2.14. The van der Waals surface area contributed by atoms with Crippen LogP contribution < -0.4 is 5.32 Å². The smallest absolute Gasteiger partial charge is 0.0931 e. The summed E-state index contributed by atoms with van der Waals surface area (Å²) in [4.78, 5) is 1.30. The van der Waals surface area contributed by atoms with Crippen molar-refractivity contribution in [2.75, 3.05) is 12.8 Å². The Kier molecular flexibility index (Phi) is 4.77. The molecule has 0 aromatic carbocycles. The van der Waals surface area contributed by atoms with Crippen molar-refractivity contribution < 1.29 is 0 Å². The fourth-order valence-electron chi connectivity index (χ4n) is 1.01. The van der Waals surface area contributed by atoms with Crippen LogP contribution in [0.4, 0.5) is 0 Å². The maximum absolute atomic E-state index is 5.84. The molecule has 0 saturated heterocycles. The summed E-state index contributed by atoms with van der Waals surface area (Å²) >= 11 is 9.37. The summed E-state index contributed by atoms with van der Waals surface area (Å²) in [5, 5.41) is 3.44. The van der Waals surface area contributed by atoms with Crippen molar-refractivity contribution in [1.29, 1.82) is 0 Å². The van der Waals surface area contributed by atoms with Crippen LogP contribution in [0.15, 0.2) is 12.1 Å². The molecule has 0 bridgehead atoms. The van der Waals surface area contributed by atoms with Crippen molar-refractivity contribution in [2.45, 2.75) is 25.1 Å². The molecule has 14 heavy (non-hydrogen) atoms. The third-order valence-corrected chi connectivity index (χ3v) is 4.51. The van der Waals surface area contributed by atoms with E-state index < -0.39 is 0 Å². The Balaban J connectivity index is 2.28. The molecule has 4 heteroatoms. The van der Waals surface area contributed by atoms with E-state index >= 15 is 0 Å². The first kappa shape index (κ1) is 12.4. The average Bonchev–Trinajstić information content (AvgIpc) is 2.51. The van der Waals surface area contributed by atoms with E-state index in [0.29, 0.717) is 4.75 Å². The summed E-state index contributed by atoms with van der Waals surface area (Å²) < 4.78 is 1.17. The van der Waals surface area contributed by atoms with Gasteiger partial charge in [-0.05, 0) is 32.2 Å². The lowest BCUT2D eigenvalue weighted by Gasteiger charge is -2.22. The lowest BCUT2D eigenvalue weighted by Crippen LogP contribution is -2.31. The molecule has 0 spiro atoms. The second kappa shape index (κ2) is 5.40. The molecule has 80 valence electrons. The van der Waals surface area contributed by atoms with Crippen molar-refractivity contribution >= 4 is 34.7 Å². The zero-order valence-corrected chi connectivity index (χ0v) is 11.2. The van der Waals surface area contributed by atoms with Crippen LogP contribution in [0.1, 0.15) is 18.7 Å². The molecule has 1 N–H and O–H groups in total. The maximum atomic E-state index is 5.84. The molecule has 0 atom stereocenters. The van der Waals surface area contributed by atoms with E-state index in [1.54, 1.807) is 11.3 Å². The molecule has 1 nitrogen and oxygen atoms in total. The van der Waals surface area contributed by atoms with Gasteiger partial charge in [-0.3, -0.25) is 0 Å². The van der Waals surface area contributed by atoms with E-state index in [4.69, 9.17) is 11.6 Å². The van der Waals surface area contributed by atoms with E-state index in [1.807, 2.05) is 17.8 Å². The summed E-state index contributed by atoms with van der Waals surface area (Å²) in [6.45, 7) is 6.42. The first-order valence-corrected chi connectivity index (χ1v) is 6.95. The summed E-state index contributed by atoms with van der Waals surface area (Å²) in [6.07, 6.45) is 2.14. The molecule has 0 radical (unpaired) electrons. The molecule has 0 fully saturated rings. The number of halogens is 1. The zero-order valence-electron chi connectivity index (χ0n) is 8.76. The van der Waals surface area contributed by atoms with Gasteiger partial charge < -0.3 is 5.32 Å². The molecular weight excluding hydrogens is 234 g/mol. The Hall–Kier alpha value is 0.300. The van der Waals surface area contributed by atoms with Gasteiger partial charge in [-0.25, -0.2) is 0 Å². The van der Waals surface area contributed by atoms with Crippen LogP contribution in [0.25, 0.3) is 0 Å². The largest absolute Gasteiger partial charge is 0.310 e. The first-order chi connectivity index (χ1) is 6.53. The molecular formula is C10H16ClNS2. The molecule has 1 aromatic heterocycles. The number of hydrogen-bond donors (Lipinski definition) is 1.